The number of rotatable bonds is 13. The molecule has 0 spiro atoms. The van der Waals surface area contributed by atoms with Crippen molar-refractivity contribution in [3.8, 4) is 0 Å². The van der Waals surface area contributed by atoms with Crippen molar-refractivity contribution in [1.82, 2.24) is 0 Å². The fraction of sp³-hybridized carbons (Fsp3) is 0.765. The third kappa shape index (κ3) is 7.64. The second-order valence-electron chi connectivity index (χ2n) is 5.90. The van der Waals surface area contributed by atoms with Gasteiger partial charge in [-0.2, -0.15) is 0 Å². The number of aliphatic carboxylic acids is 2. The Hall–Kier alpha value is 0.236. The van der Waals surface area contributed by atoms with Crippen molar-refractivity contribution in [2.24, 2.45) is 0 Å². The topological polar surface area (TPSA) is 97.7 Å². The second-order valence-corrected chi connectivity index (χ2v) is 5.90. The summed E-state index contributed by atoms with van der Waals surface area (Å²) in [5.41, 5.74) is 0. The molecule has 7 heteroatoms. The van der Waals surface area contributed by atoms with Crippen LogP contribution < -0.4 is 56.5 Å². The zero-order chi connectivity index (χ0) is 17.9. The number of aliphatic hydroxyl groups is 1. The third-order valence-corrected chi connectivity index (χ3v) is 4.42. The number of quaternary nitrogens is 1. The van der Waals surface area contributed by atoms with Crippen LogP contribution in [0.3, 0.4) is 0 Å². The quantitative estimate of drug-likeness (QED) is 0.133. The summed E-state index contributed by atoms with van der Waals surface area (Å²) in [6, 6.07) is -2.04. The minimum atomic E-state index is -1.32. The molecule has 0 bridgehead atoms. The van der Waals surface area contributed by atoms with Crippen molar-refractivity contribution < 1.29 is 80.8 Å². The van der Waals surface area contributed by atoms with Gasteiger partial charge in [0.25, 0.3) is 0 Å². The van der Waals surface area contributed by atoms with Crippen LogP contribution in [0.15, 0.2) is 12.2 Å². The summed E-state index contributed by atoms with van der Waals surface area (Å²) in [6.07, 6.45) is 8.32. The van der Waals surface area contributed by atoms with Gasteiger partial charge in [0.2, 0.25) is 0 Å². The number of carboxylic acid groups (broad SMARTS) is 2. The van der Waals surface area contributed by atoms with Gasteiger partial charge in [-0.3, -0.25) is 4.48 Å². The number of nitrogens with zero attached hydrogens (tertiary/aromatic N) is 1. The summed E-state index contributed by atoms with van der Waals surface area (Å²) in [5.74, 6) is -2.42. The molecule has 0 aromatic heterocycles. The van der Waals surface area contributed by atoms with E-state index in [4.69, 9.17) is 0 Å². The van der Waals surface area contributed by atoms with E-state index in [0.29, 0.717) is 0 Å². The van der Waals surface area contributed by atoms with E-state index < -0.39 is 35.2 Å². The fourth-order valence-electron chi connectivity index (χ4n) is 3.13. The van der Waals surface area contributed by atoms with Crippen LogP contribution in [0, 0.1) is 0 Å². The molecule has 6 nitrogen and oxygen atoms in total. The molecule has 0 saturated carbocycles. The van der Waals surface area contributed by atoms with E-state index in [1.807, 2.05) is 6.08 Å². The Morgan fingerprint density at radius 1 is 1.08 bits per heavy atom. The summed E-state index contributed by atoms with van der Waals surface area (Å²) in [4.78, 5) is 23.1. The van der Waals surface area contributed by atoms with E-state index in [0.717, 1.165) is 25.7 Å². The molecule has 0 rings (SSSR count). The molecule has 0 fully saturated rings. The van der Waals surface area contributed by atoms with E-state index in [2.05, 4.69) is 6.92 Å². The molecule has 0 aliphatic rings. The minimum absolute atomic E-state index is 0. The first kappa shape index (κ1) is 26.5. The molecule has 0 saturated heterocycles. The van der Waals surface area contributed by atoms with Crippen LogP contribution in [0.5, 0.6) is 0 Å². The summed E-state index contributed by atoms with van der Waals surface area (Å²) in [5, 5.41) is 30.9. The van der Waals surface area contributed by atoms with Gasteiger partial charge in [0.05, 0.1) is 5.97 Å². The molecule has 0 aliphatic heterocycles. The molecule has 3 unspecified atom stereocenters. The van der Waals surface area contributed by atoms with Crippen LogP contribution in [0.1, 0.15) is 59.3 Å². The first-order valence-electron chi connectivity index (χ1n) is 8.47. The minimum Gasteiger partial charge on any atom is -0.544 e. The SMILES string of the molecule is CCCCC/C=C/C[N+](CO)(C(CC)C(=O)[O-])C(CC)C(=O)O.[K+]. The van der Waals surface area contributed by atoms with Crippen LogP contribution in [0.25, 0.3) is 0 Å². The zero-order valence-electron chi connectivity index (χ0n) is 15.5. The van der Waals surface area contributed by atoms with Crippen molar-refractivity contribution in [3.63, 3.8) is 0 Å². The molecule has 0 aromatic rings. The Morgan fingerprint density at radius 2 is 1.67 bits per heavy atom. The van der Waals surface area contributed by atoms with Crippen LogP contribution in [-0.4, -0.2) is 52.0 Å². The normalized spacial score (nSPS) is 16.2. The number of allylic oxidation sites excluding steroid dienone is 1. The monoisotopic (exact) mass is 368 g/mol. The van der Waals surface area contributed by atoms with E-state index in [9.17, 15) is 24.9 Å². The smallest absolute Gasteiger partial charge is 0.544 e. The fourth-order valence-corrected chi connectivity index (χ4v) is 3.13. The van der Waals surface area contributed by atoms with Crippen molar-refractivity contribution in [2.75, 3.05) is 13.3 Å². The largest absolute Gasteiger partial charge is 1.00 e. The van der Waals surface area contributed by atoms with Crippen LogP contribution >= 0.6 is 0 Å². The number of hydrogen-bond donors (Lipinski definition) is 2. The van der Waals surface area contributed by atoms with Gasteiger partial charge in [-0.25, -0.2) is 4.79 Å². The predicted octanol–water partition coefficient (Wildman–Crippen LogP) is -1.71. The first-order valence-corrected chi connectivity index (χ1v) is 8.47. The van der Waals surface area contributed by atoms with Gasteiger partial charge in [0.1, 0.15) is 12.6 Å². The molecule has 0 heterocycles. The second kappa shape index (κ2) is 14.4. The molecule has 2 N–H and O–H groups in total. The third-order valence-electron chi connectivity index (χ3n) is 4.42. The van der Waals surface area contributed by atoms with Gasteiger partial charge in [0.15, 0.2) is 12.8 Å². The van der Waals surface area contributed by atoms with Crippen molar-refractivity contribution >= 4 is 11.9 Å². The first-order chi connectivity index (χ1) is 10.9. The zero-order valence-corrected chi connectivity index (χ0v) is 18.7. The van der Waals surface area contributed by atoms with Crippen molar-refractivity contribution in [2.45, 2.75) is 71.4 Å². The van der Waals surface area contributed by atoms with Crippen molar-refractivity contribution in [3.05, 3.63) is 12.2 Å². The summed E-state index contributed by atoms with van der Waals surface area (Å²) >= 11 is 0. The number of aliphatic hydroxyl groups excluding tert-OH is 1. The number of hydrogen-bond acceptors (Lipinski definition) is 4. The molecule has 134 valence electrons. The van der Waals surface area contributed by atoms with Gasteiger partial charge in [-0.1, -0.05) is 39.7 Å². The van der Waals surface area contributed by atoms with Gasteiger partial charge in [-0.15, -0.1) is 0 Å². The van der Waals surface area contributed by atoms with Gasteiger partial charge >= 0.3 is 57.4 Å². The maximum Gasteiger partial charge on any atom is 1.00 e. The summed E-state index contributed by atoms with van der Waals surface area (Å²) in [6.45, 7) is 5.09. The number of carboxylic acids is 2. The van der Waals surface area contributed by atoms with Gasteiger partial charge in [-0.05, 0) is 18.9 Å². The summed E-state index contributed by atoms with van der Waals surface area (Å²) < 4.78 is -0.422. The predicted molar refractivity (Wildman–Crippen MR) is 86.3 cm³/mol. The number of carbonyl (C=O) groups is 2. The number of carbonyl (C=O) groups excluding carboxylic acids is 1. The maximum atomic E-state index is 11.6. The summed E-state index contributed by atoms with van der Waals surface area (Å²) in [7, 11) is 0. The standard InChI is InChI=1S/C17H31NO5.K/c1-4-7-8-9-10-11-12-18(13-19,14(5-2)16(20)21)15(6-3)17(22)23;/h10-11,14-15,19H,4-9,12-13H2,1-3H3,(H-,20,21,22,23);/q;+1/b11-10+;. The average molecular weight is 369 g/mol. The van der Waals surface area contributed by atoms with Crippen LogP contribution in [0.4, 0.5) is 0 Å². The molecular weight excluding hydrogens is 337 g/mol. The average Bonchev–Trinajstić information content (AvgIpc) is 2.50. The van der Waals surface area contributed by atoms with E-state index >= 15 is 0 Å². The van der Waals surface area contributed by atoms with E-state index in [1.165, 1.54) is 0 Å². The molecule has 24 heavy (non-hydrogen) atoms. The Labute approximate surface area is 187 Å². The molecule has 0 radical (unpaired) electrons. The molecule has 0 aliphatic carbocycles. The van der Waals surface area contributed by atoms with Crippen LogP contribution in [0.2, 0.25) is 0 Å². The Morgan fingerprint density at radius 3 is 2.04 bits per heavy atom. The number of unbranched alkanes of at least 4 members (excludes halogenated alkanes) is 3. The van der Waals surface area contributed by atoms with Gasteiger partial charge < -0.3 is 20.1 Å². The molecular formula is C17H31KNO5+. The van der Waals surface area contributed by atoms with Gasteiger partial charge in [0, 0.05) is 12.8 Å². The maximum absolute atomic E-state index is 11.6. The van der Waals surface area contributed by atoms with Crippen LogP contribution in [-0.2, 0) is 9.59 Å². The Kier molecular flexibility index (Phi) is 15.9. The molecule has 3 atom stereocenters. The van der Waals surface area contributed by atoms with Crippen molar-refractivity contribution in [1.29, 1.82) is 0 Å². The molecule has 0 aromatic carbocycles. The Balaban J connectivity index is 0. The van der Waals surface area contributed by atoms with E-state index in [-0.39, 0.29) is 70.8 Å². The van der Waals surface area contributed by atoms with E-state index in [1.54, 1.807) is 19.9 Å². The Bertz CT molecular complexity index is 378. The molecule has 0 amide bonds.